The van der Waals surface area contributed by atoms with E-state index in [1.807, 2.05) is 18.2 Å². The summed E-state index contributed by atoms with van der Waals surface area (Å²) in [6.45, 7) is 2.81. The molecule has 1 atom stereocenters. The Balaban J connectivity index is 1.62. The molecule has 0 saturated carbocycles. The molecule has 2 aromatic rings. The van der Waals surface area contributed by atoms with Crippen molar-refractivity contribution in [2.24, 2.45) is 7.05 Å². The first kappa shape index (κ1) is 20.4. The summed E-state index contributed by atoms with van der Waals surface area (Å²) < 4.78 is 3.04. The Kier molecular flexibility index (Phi) is 5.75. The predicted molar refractivity (Wildman–Crippen MR) is 113 cm³/mol. The Labute approximate surface area is 175 Å². The van der Waals surface area contributed by atoms with Gasteiger partial charge in [0.05, 0.1) is 36.2 Å². The molecule has 2 amide bonds. The van der Waals surface area contributed by atoms with Gasteiger partial charge in [0.2, 0.25) is 11.8 Å². The normalized spacial score (nSPS) is 20.8. The fraction of sp³-hybridized carbons (Fsp3) is 0.500. The lowest BCUT2D eigenvalue weighted by Gasteiger charge is -2.28. The second-order valence-corrected chi connectivity index (χ2v) is 8.10. The number of carbonyl (C=O) groups is 2. The van der Waals surface area contributed by atoms with Gasteiger partial charge in [-0.15, -0.1) is 0 Å². The van der Waals surface area contributed by atoms with Crippen LogP contribution in [-0.4, -0.2) is 58.6 Å². The number of benzene rings is 1. The number of aryl methyl sites for hydroxylation is 1. The van der Waals surface area contributed by atoms with E-state index in [0.717, 1.165) is 24.2 Å². The summed E-state index contributed by atoms with van der Waals surface area (Å²) in [7, 11) is 3.83. The number of rotatable bonds is 3. The van der Waals surface area contributed by atoms with Crippen LogP contribution in [0.1, 0.15) is 37.3 Å². The van der Waals surface area contributed by atoms with Gasteiger partial charge in [-0.05, 0) is 18.6 Å². The Bertz CT molecular complexity index is 1100. The molecular weight excluding hydrogens is 382 g/mol. The highest BCUT2D eigenvalue weighted by atomic mass is 16.2. The molecule has 30 heavy (non-hydrogen) atoms. The lowest BCUT2D eigenvalue weighted by molar-refractivity contribution is -0.666. The van der Waals surface area contributed by atoms with Crippen LogP contribution in [0.2, 0.25) is 0 Å². The van der Waals surface area contributed by atoms with Gasteiger partial charge in [-0.3, -0.25) is 28.9 Å². The van der Waals surface area contributed by atoms with Crippen LogP contribution >= 0.6 is 0 Å². The Hall–Kier alpha value is -2.89. The second kappa shape index (κ2) is 8.46. The van der Waals surface area contributed by atoms with Crippen LogP contribution in [0.25, 0.3) is 11.0 Å². The summed E-state index contributed by atoms with van der Waals surface area (Å²) in [5.74, 6) is 5.78. The molecule has 0 radical (unpaired) electrons. The van der Waals surface area contributed by atoms with Gasteiger partial charge in [-0.1, -0.05) is 17.9 Å². The number of imide groups is 1. The van der Waals surface area contributed by atoms with Crippen LogP contribution < -0.4 is 16.3 Å². The average Bonchev–Trinajstić information content (AvgIpc) is 3.00. The number of carbonyl (C=O) groups excluding carboxylic acids is 2. The molecule has 158 valence electrons. The number of nitrogens with zero attached hydrogens (tertiary/aromatic N) is 3. The van der Waals surface area contributed by atoms with Gasteiger partial charge in [-0.25, -0.2) is 4.79 Å². The number of piperidine rings is 2. The maximum atomic E-state index is 12.9. The standard InChI is InChI=1S/C22H27N5O3/c1-23-16-10-13-26(14-11-16)12-4-6-15-5-3-7-17-20(15)25(2)22(30)27(17)18-8-9-19(28)24-21(18)29/h3,5,7,16,18,23H,8-14H2,1-2H3,(H,24,28,29)/p+1. The molecule has 8 nitrogen and oxygen atoms in total. The zero-order valence-corrected chi connectivity index (χ0v) is 17.5. The molecule has 2 aliphatic heterocycles. The van der Waals surface area contributed by atoms with E-state index in [2.05, 4.69) is 34.4 Å². The molecule has 1 aromatic carbocycles. The molecule has 8 heteroatoms. The summed E-state index contributed by atoms with van der Waals surface area (Å²) in [4.78, 5) is 39.2. The van der Waals surface area contributed by atoms with Crippen LogP contribution in [0.3, 0.4) is 0 Å². The number of hydrogen-bond donors (Lipinski definition) is 2. The van der Waals surface area contributed by atoms with Crippen LogP contribution in [0, 0.1) is 11.8 Å². The monoisotopic (exact) mass is 410 g/mol. The summed E-state index contributed by atoms with van der Waals surface area (Å²) in [5, 5.41) is 4.63. The second-order valence-electron chi connectivity index (χ2n) is 8.10. The van der Waals surface area contributed by atoms with Gasteiger partial charge in [-0.2, -0.15) is 0 Å². The van der Waals surface area contributed by atoms with Crippen LogP contribution in [0.15, 0.2) is 23.0 Å². The summed E-state index contributed by atoms with van der Waals surface area (Å²) in [6, 6.07) is 5.62. The molecular formula is C22H28N5O3+. The number of nitrogens with two attached hydrogens (primary N) is 1. The summed E-state index contributed by atoms with van der Waals surface area (Å²) in [6.07, 6.45) is 2.91. The van der Waals surface area contributed by atoms with Crippen molar-refractivity contribution in [1.82, 2.24) is 19.4 Å². The van der Waals surface area contributed by atoms with Gasteiger partial charge < -0.3 is 5.32 Å². The Morgan fingerprint density at radius 2 is 1.93 bits per heavy atom. The largest absolute Gasteiger partial charge is 0.346 e. The van der Waals surface area contributed by atoms with Crippen LogP contribution in [-0.2, 0) is 16.6 Å². The average molecular weight is 410 g/mol. The number of fused-ring (bicyclic) bond motifs is 1. The molecule has 1 unspecified atom stereocenters. The van der Waals surface area contributed by atoms with E-state index in [1.165, 1.54) is 17.4 Å². The van der Waals surface area contributed by atoms with Crippen molar-refractivity contribution in [1.29, 1.82) is 0 Å². The number of nitrogens with one attached hydrogen (secondary N) is 1. The van der Waals surface area contributed by atoms with E-state index < -0.39 is 11.9 Å². The topological polar surface area (TPSA) is 92.9 Å². The maximum absolute atomic E-state index is 12.9. The van der Waals surface area contributed by atoms with Crippen LogP contribution in [0.4, 0.5) is 0 Å². The molecule has 4 rings (SSSR count). The SMILES string of the molecule is C[NH2+]C1CCN(CC#Cc2cccc3c2n(C)c(=O)n3C2CCC(=O)NC2=O)CC1. The Morgan fingerprint density at radius 3 is 2.63 bits per heavy atom. The van der Waals surface area contributed by atoms with E-state index in [-0.39, 0.29) is 18.0 Å². The zero-order valence-electron chi connectivity index (χ0n) is 17.5. The number of imidazole rings is 1. The van der Waals surface area contributed by atoms with Crippen molar-refractivity contribution in [3.05, 3.63) is 34.2 Å². The molecule has 2 fully saturated rings. The minimum atomic E-state index is -0.682. The van der Waals surface area contributed by atoms with Crippen molar-refractivity contribution in [3.8, 4) is 11.8 Å². The highest BCUT2D eigenvalue weighted by Gasteiger charge is 2.31. The van der Waals surface area contributed by atoms with Gasteiger partial charge in [0.15, 0.2) is 0 Å². The fourth-order valence-corrected chi connectivity index (χ4v) is 4.46. The third kappa shape index (κ3) is 3.78. The zero-order chi connectivity index (χ0) is 21.3. The van der Waals surface area contributed by atoms with E-state index in [0.29, 0.717) is 24.5 Å². The minimum Gasteiger partial charge on any atom is -0.346 e. The van der Waals surface area contributed by atoms with Gasteiger partial charge in [0, 0.05) is 39.4 Å². The quantitative estimate of drug-likeness (QED) is 0.518. The number of hydrogen-bond acceptors (Lipinski definition) is 4. The summed E-state index contributed by atoms with van der Waals surface area (Å²) in [5.41, 5.74) is 1.89. The highest BCUT2D eigenvalue weighted by molar-refractivity contribution is 6.00. The first-order valence-electron chi connectivity index (χ1n) is 10.5. The third-order valence-electron chi connectivity index (χ3n) is 6.25. The molecule has 3 N–H and O–H groups in total. The number of quaternary nitrogens is 1. The van der Waals surface area contributed by atoms with E-state index in [9.17, 15) is 14.4 Å². The van der Waals surface area contributed by atoms with Crippen molar-refractivity contribution in [3.63, 3.8) is 0 Å². The summed E-state index contributed by atoms with van der Waals surface area (Å²) >= 11 is 0. The number of amides is 2. The molecule has 1 aromatic heterocycles. The highest BCUT2D eigenvalue weighted by Crippen LogP contribution is 2.24. The lowest BCUT2D eigenvalue weighted by Crippen LogP contribution is -2.87. The van der Waals surface area contributed by atoms with Gasteiger partial charge >= 0.3 is 5.69 Å². The van der Waals surface area contributed by atoms with E-state index in [4.69, 9.17) is 0 Å². The molecule has 2 saturated heterocycles. The first-order valence-corrected chi connectivity index (χ1v) is 10.5. The van der Waals surface area contributed by atoms with Gasteiger partial charge in [0.1, 0.15) is 6.04 Å². The van der Waals surface area contributed by atoms with Crippen molar-refractivity contribution < 1.29 is 14.9 Å². The molecule has 0 bridgehead atoms. The maximum Gasteiger partial charge on any atom is 0.329 e. The minimum absolute atomic E-state index is 0.227. The van der Waals surface area contributed by atoms with E-state index in [1.54, 1.807) is 11.6 Å². The molecule has 2 aliphatic rings. The molecule has 0 spiro atoms. The number of likely N-dealkylation sites (tertiary alicyclic amines) is 1. The third-order valence-corrected chi connectivity index (χ3v) is 6.25. The Morgan fingerprint density at radius 1 is 1.17 bits per heavy atom. The predicted octanol–water partition coefficient (Wildman–Crippen LogP) is -0.673. The van der Waals surface area contributed by atoms with Crippen molar-refractivity contribution in [2.75, 3.05) is 26.7 Å². The van der Waals surface area contributed by atoms with Crippen molar-refractivity contribution in [2.45, 2.75) is 37.8 Å². The van der Waals surface area contributed by atoms with Crippen molar-refractivity contribution >= 4 is 22.8 Å². The van der Waals surface area contributed by atoms with Gasteiger partial charge in [0.25, 0.3) is 0 Å². The molecule has 0 aliphatic carbocycles. The molecule has 3 heterocycles. The first-order chi connectivity index (χ1) is 14.5. The van der Waals surface area contributed by atoms with Crippen LogP contribution in [0.5, 0.6) is 0 Å². The van der Waals surface area contributed by atoms with E-state index >= 15 is 0 Å². The number of aromatic nitrogens is 2. The number of para-hydroxylation sites is 1. The fourth-order valence-electron chi connectivity index (χ4n) is 4.46. The lowest BCUT2D eigenvalue weighted by atomic mass is 10.1. The smallest absolute Gasteiger partial charge is 0.329 e.